The third-order valence-corrected chi connectivity index (χ3v) is 3.56. The number of nitrogens with zero attached hydrogens (tertiary/aromatic N) is 3. The number of aryl methyl sites for hydroxylation is 1. The first-order valence-corrected chi connectivity index (χ1v) is 6.87. The van der Waals surface area contributed by atoms with E-state index >= 15 is 0 Å². The molecule has 0 fully saturated rings. The molecule has 1 aliphatic rings. The minimum absolute atomic E-state index is 0.0608. The van der Waals surface area contributed by atoms with Crippen LogP contribution in [0, 0.1) is 6.92 Å². The second-order valence-electron chi connectivity index (χ2n) is 5.06. The summed E-state index contributed by atoms with van der Waals surface area (Å²) in [5.74, 6) is 0.871. The lowest BCUT2D eigenvalue weighted by Crippen LogP contribution is -2.25. The molecule has 3 aromatic rings. The Kier molecular flexibility index (Phi) is 2.78. The fourth-order valence-corrected chi connectivity index (χ4v) is 2.39. The maximum absolute atomic E-state index is 11.2. The topological polar surface area (TPSA) is 93.5 Å². The molecule has 0 unspecified atom stereocenters. The third kappa shape index (κ3) is 2.07. The van der Waals surface area contributed by atoms with Crippen molar-refractivity contribution in [2.45, 2.75) is 19.8 Å². The van der Waals surface area contributed by atoms with Gasteiger partial charge in [-0.1, -0.05) is 0 Å². The molecule has 3 heterocycles. The van der Waals surface area contributed by atoms with Crippen LogP contribution in [0.5, 0.6) is 0 Å². The van der Waals surface area contributed by atoms with Crippen LogP contribution in [-0.4, -0.2) is 21.6 Å². The molecule has 1 aliphatic heterocycles. The molecule has 0 radical (unpaired) electrons. The minimum Gasteiger partial charge on any atom is -0.438 e. The van der Waals surface area contributed by atoms with E-state index in [0.717, 1.165) is 17.0 Å². The minimum atomic E-state index is -0.0608. The van der Waals surface area contributed by atoms with E-state index in [2.05, 4.69) is 20.5 Å². The number of hydrogen-bond acceptors (Lipinski definition) is 6. The van der Waals surface area contributed by atoms with E-state index in [-0.39, 0.29) is 5.91 Å². The van der Waals surface area contributed by atoms with Crippen LogP contribution in [0.2, 0.25) is 0 Å². The predicted molar refractivity (Wildman–Crippen MR) is 78.2 cm³/mol. The highest BCUT2D eigenvalue weighted by Crippen LogP contribution is 2.27. The van der Waals surface area contributed by atoms with Crippen LogP contribution >= 0.6 is 0 Å². The summed E-state index contributed by atoms with van der Waals surface area (Å²) in [6, 6.07) is 5.64. The van der Waals surface area contributed by atoms with E-state index in [1.807, 2.05) is 25.1 Å². The number of hydrazone groups is 1. The molecule has 22 heavy (non-hydrogen) atoms. The van der Waals surface area contributed by atoms with Crippen molar-refractivity contribution in [2.24, 2.45) is 5.10 Å². The zero-order chi connectivity index (χ0) is 15.1. The second-order valence-corrected chi connectivity index (χ2v) is 5.06. The summed E-state index contributed by atoms with van der Waals surface area (Å²) in [7, 11) is 0. The zero-order valence-corrected chi connectivity index (χ0v) is 11.8. The number of rotatable bonds is 2. The fourth-order valence-electron chi connectivity index (χ4n) is 2.39. The summed E-state index contributed by atoms with van der Waals surface area (Å²) in [5.41, 5.74) is 6.35. The summed E-state index contributed by atoms with van der Waals surface area (Å²) >= 11 is 0. The monoisotopic (exact) mass is 296 g/mol. The van der Waals surface area contributed by atoms with Crippen LogP contribution < -0.4 is 5.43 Å². The lowest BCUT2D eigenvalue weighted by atomic mass is 10.0. The Bertz CT molecular complexity index is 907. The third-order valence-electron chi connectivity index (χ3n) is 3.56. The largest absolute Gasteiger partial charge is 0.438 e. The SMILES string of the molecule is Cc1ncoc1-c1nc2cc(C3=NNC(=O)CC3)ccc2o1. The lowest BCUT2D eigenvalue weighted by molar-refractivity contribution is -0.121. The van der Waals surface area contributed by atoms with Gasteiger partial charge in [-0.25, -0.2) is 15.4 Å². The molecule has 0 aliphatic carbocycles. The highest BCUT2D eigenvalue weighted by atomic mass is 16.4. The van der Waals surface area contributed by atoms with Gasteiger partial charge in [-0.3, -0.25) is 4.79 Å². The van der Waals surface area contributed by atoms with Gasteiger partial charge in [0.1, 0.15) is 5.52 Å². The molecule has 0 spiro atoms. The van der Waals surface area contributed by atoms with Crippen LogP contribution in [-0.2, 0) is 4.79 Å². The van der Waals surface area contributed by atoms with Crippen molar-refractivity contribution in [3.05, 3.63) is 35.9 Å². The molecule has 0 bridgehead atoms. The molecule has 4 rings (SSSR count). The quantitative estimate of drug-likeness (QED) is 0.783. The Morgan fingerprint density at radius 2 is 2.18 bits per heavy atom. The molecular weight excluding hydrogens is 284 g/mol. The average Bonchev–Trinajstić information content (AvgIpc) is 3.12. The summed E-state index contributed by atoms with van der Waals surface area (Å²) in [5, 5.41) is 4.09. The number of carbonyl (C=O) groups excluding carboxylic acids is 1. The lowest BCUT2D eigenvalue weighted by Gasteiger charge is -2.11. The first kappa shape index (κ1) is 12.8. The number of fused-ring (bicyclic) bond motifs is 1. The molecule has 1 amide bonds. The van der Waals surface area contributed by atoms with Crippen LogP contribution in [0.15, 0.2) is 38.5 Å². The Hall–Kier alpha value is -2.96. The highest BCUT2D eigenvalue weighted by Gasteiger charge is 2.17. The fraction of sp³-hybridized carbons (Fsp3) is 0.200. The number of amides is 1. The molecule has 7 nitrogen and oxygen atoms in total. The van der Waals surface area contributed by atoms with Crippen molar-refractivity contribution in [2.75, 3.05) is 0 Å². The van der Waals surface area contributed by atoms with Gasteiger partial charge >= 0.3 is 0 Å². The number of benzene rings is 1. The van der Waals surface area contributed by atoms with Crippen LogP contribution in [0.4, 0.5) is 0 Å². The van der Waals surface area contributed by atoms with Crippen LogP contribution in [0.3, 0.4) is 0 Å². The van der Waals surface area contributed by atoms with E-state index in [1.165, 1.54) is 6.39 Å². The predicted octanol–water partition coefficient (Wildman–Crippen LogP) is 2.41. The number of oxazole rings is 2. The van der Waals surface area contributed by atoms with Gasteiger partial charge in [-0.15, -0.1) is 0 Å². The zero-order valence-electron chi connectivity index (χ0n) is 11.8. The molecule has 110 valence electrons. The van der Waals surface area contributed by atoms with Gasteiger partial charge in [-0.05, 0) is 25.1 Å². The van der Waals surface area contributed by atoms with Gasteiger partial charge in [0.15, 0.2) is 12.0 Å². The van der Waals surface area contributed by atoms with E-state index in [1.54, 1.807) is 0 Å². The normalized spacial score (nSPS) is 15.0. The Morgan fingerprint density at radius 3 is 2.91 bits per heavy atom. The van der Waals surface area contributed by atoms with Gasteiger partial charge < -0.3 is 8.83 Å². The maximum atomic E-state index is 11.2. The molecule has 0 atom stereocenters. The first-order valence-electron chi connectivity index (χ1n) is 6.87. The smallest absolute Gasteiger partial charge is 0.265 e. The Balaban J connectivity index is 1.75. The van der Waals surface area contributed by atoms with Gasteiger partial charge in [0, 0.05) is 18.4 Å². The molecule has 1 N–H and O–H groups in total. The maximum Gasteiger partial charge on any atom is 0.265 e. The van der Waals surface area contributed by atoms with E-state index < -0.39 is 0 Å². The van der Waals surface area contributed by atoms with Gasteiger partial charge in [0.05, 0.1) is 11.4 Å². The number of carbonyl (C=O) groups is 1. The number of nitrogens with one attached hydrogen (secondary N) is 1. The number of aromatic nitrogens is 2. The number of hydrogen-bond donors (Lipinski definition) is 1. The summed E-state index contributed by atoms with van der Waals surface area (Å²) in [6.45, 7) is 1.83. The molecule has 0 saturated carbocycles. The van der Waals surface area contributed by atoms with Crippen molar-refractivity contribution in [1.82, 2.24) is 15.4 Å². The van der Waals surface area contributed by atoms with Crippen molar-refractivity contribution in [1.29, 1.82) is 0 Å². The van der Waals surface area contributed by atoms with Gasteiger partial charge in [-0.2, -0.15) is 5.10 Å². The van der Waals surface area contributed by atoms with Crippen molar-refractivity contribution >= 4 is 22.7 Å². The molecule has 1 aromatic carbocycles. The van der Waals surface area contributed by atoms with E-state index in [0.29, 0.717) is 35.6 Å². The summed E-state index contributed by atoms with van der Waals surface area (Å²) in [4.78, 5) is 19.6. The van der Waals surface area contributed by atoms with Crippen molar-refractivity contribution in [3.63, 3.8) is 0 Å². The molecule has 0 saturated heterocycles. The van der Waals surface area contributed by atoms with Gasteiger partial charge in [0.2, 0.25) is 11.7 Å². The summed E-state index contributed by atoms with van der Waals surface area (Å²) in [6.07, 6.45) is 2.42. The molecule has 2 aromatic heterocycles. The molecular formula is C15H12N4O3. The Labute approximate surface area is 125 Å². The summed E-state index contributed by atoms with van der Waals surface area (Å²) < 4.78 is 11.0. The Morgan fingerprint density at radius 1 is 1.27 bits per heavy atom. The van der Waals surface area contributed by atoms with Crippen LogP contribution in [0.1, 0.15) is 24.1 Å². The molecule has 7 heteroatoms. The second kappa shape index (κ2) is 4.80. The van der Waals surface area contributed by atoms with E-state index in [4.69, 9.17) is 8.83 Å². The van der Waals surface area contributed by atoms with Crippen LogP contribution in [0.25, 0.3) is 22.8 Å². The van der Waals surface area contributed by atoms with Gasteiger partial charge in [0.25, 0.3) is 5.89 Å². The standard InChI is InChI=1S/C15H12N4O3/c1-8-14(21-7-16-8)15-17-11-6-9(2-4-12(11)22-15)10-3-5-13(20)19-18-10/h2,4,6-7H,3,5H2,1H3,(H,19,20). The van der Waals surface area contributed by atoms with Crippen molar-refractivity contribution < 1.29 is 13.6 Å². The average molecular weight is 296 g/mol. The van der Waals surface area contributed by atoms with E-state index in [9.17, 15) is 4.79 Å². The van der Waals surface area contributed by atoms with Crippen molar-refractivity contribution in [3.8, 4) is 11.7 Å². The first-order chi connectivity index (χ1) is 10.7. The highest BCUT2D eigenvalue weighted by molar-refractivity contribution is 6.05.